The van der Waals surface area contributed by atoms with Crippen LogP contribution < -0.4 is 5.32 Å². The molecule has 2 aromatic rings. The van der Waals surface area contributed by atoms with Crippen LogP contribution >= 0.6 is 0 Å². The molecule has 1 spiro atoms. The zero-order valence-corrected chi connectivity index (χ0v) is 16.7. The molecule has 1 atom stereocenters. The molecule has 3 N–H and O–H groups in total. The zero-order valence-electron chi connectivity index (χ0n) is 16.7. The van der Waals surface area contributed by atoms with Gasteiger partial charge in [0.15, 0.2) is 0 Å². The summed E-state index contributed by atoms with van der Waals surface area (Å²) in [5.74, 6) is 0.391. The second-order valence-electron chi connectivity index (χ2n) is 8.37. The molecular weight excluding hydrogens is 356 g/mol. The summed E-state index contributed by atoms with van der Waals surface area (Å²) in [6, 6.07) is 5.92. The van der Waals surface area contributed by atoms with Crippen molar-refractivity contribution in [3.8, 4) is 0 Å². The molecule has 28 heavy (non-hydrogen) atoms. The molecule has 1 aromatic heterocycles. The fraction of sp³-hybridized carbons (Fsp3) is 0.619. The highest BCUT2D eigenvalue weighted by molar-refractivity contribution is 5.97. The number of aliphatic hydroxyl groups excluding tert-OH is 1. The van der Waals surface area contributed by atoms with Crippen LogP contribution in [0.2, 0.25) is 0 Å². The smallest absolute Gasteiger partial charge is 0.251 e. The zero-order chi connectivity index (χ0) is 19.7. The van der Waals surface area contributed by atoms with Crippen molar-refractivity contribution in [3.05, 3.63) is 29.6 Å². The monoisotopic (exact) mass is 386 g/mol. The third kappa shape index (κ3) is 3.92. The van der Waals surface area contributed by atoms with Gasteiger partial charge in [-0.2, -0.15) is 0 Å². The Hall–Kier alpha value is -1.96. The number of rotatable bonds is 5. The van der Waals surface area contributed by atoms with Gasteiger partial charge >= 0.3 is 0 Å². The Morgan fingerprint density at radius 1 is 1.39 bits per heavy atom. The number of amides is 1. The van der Waals surface area contributed by atoms with Gasteiger partial charge in [-0.25, -0.2) is 4.98 Å². The molecule has 2 fully saturated rings. The summed E-state index contributed by atoms with van der Waals surface area (Å²) < 4.78 is 6.41. The molecule has 3 heterocycles. The lowest BCUT2D eigenvalue weighted by atomic mass is 9.88. The van der Waals surface area contributed by atoms with Crippen LogP contribution in [0, 0.1) is 0 Å². The average molecular weight is 386 g/mol. The van der Waals surface area contributed by atoms with Crippen LogP contribution in [0.25, 0.3) is 11.0 Å². The highest BCUT2D eigenvalue weighted by Gasteiger charge is 2.42. The van der Waals surface area contributed by atoms with Gasteiger partial charge in [0.25, 0.3) is 5.91 Å². The Balaban J connectivity index is 1.31. The van der Waals surface area contributed by atoms with Crippen LogP contribution in [-0.4, -0.2) is 63.3 Å². The fourth-order valence-electron chi connectivity index (χ4n) is 4.44. The molecule has 1 aromatic carbocycles. The van der Waals surface area contributed by atoms with E-state index < -0.39 is 0 Å². The summed E-state index contributed by atoms with van der Waals surface area (Å²) >= 11 is 0. The Morgan fingerprint density at radius 2 is 2.18 bits per heavy atom. The number of nitrogens with one attached hydrogen (secondary N) is 2. The van der Waals surface area contributed by atoms with E-state index in [1.54, 1.807) is 18.2 Å². The molecule has 0 saturated carbocycles. The number of aromatic nitrogens is 2. The number of nitrogens with zero attached hydrogens (tertiary/aromatic N) is 2. The molecule has 2 aliphatic rings. The van der Waals surface area contributed by atoms with Crippen LogP contribution in [0.1, 0.15) is 55.7 Å². The molecule has 0 unspecified atom stereocenters. The lowest BCUT2D eigenvalue weighted by molar-refractivity contribution is -0.0788. The standard InChI is InChI=1S/C21H30N4O3/c1-14(2)25-9-7-21(8-10-25)6-5-16(28-21)12-22-20(27)15-3-4-17-18(11-15)24-19(13-26)23-17/h3-4,11,14,16,26H,5-10,12-13H2,1-2H3,(H,22,27)(H,23,24)/t16-/m0/s1. The summed E-state index contributed by atoms with van der Waals surface area (Å²) in [5, 5.41) is 12.2. The first-order chi connectivity index (χ1) is 13.5. The minimum absolute atomic E-state index is 0.0102. The third-order valence-electron chi connectivity index (χ3n) is 6.21. The van der Waals surface area contributed by atoms with E-state index in [9.17, 15) is 9.90 Å². The number of aromatic amines is 1. The number of ether oxygens (including phenoxy) is 1. The van der Waals surface area contributed by atoms with E-state index in [1.165, 1.54) is 0 Å². The van der Waals surface area contributed by atoms with E-state index in [1.807, 2.05) is 0 Å². The second-order valence-corrected chi connectivity index (χ2v) is 8.37. The Kier molecular flexibility index (Phi) is 5.40. The first kappa shape index (κ1) is 19.4. The van der Waals surface area contributed by atoms with Crippen molar-refractivity contribution in [1.29, 1.82) is 0 Å². The predicted molar refractivity (Wildman–Crippen MR) is 107 cm³/mol. The van der Waals surface area contributed by atoms with Crippen LogP contribution in [0.3, 0.4) is 0 Å². The van der Waals surface area contributed by atoms with Crippen LogP contribution in [-0.2, 0) is 11.3 Å². The Morgan fingerprint density at radius 3 is 2.89 bits per heavy atom. The molecule has 0 aliphatic carbocycles. The lowest BCUT2D eigenvalue weighted by Gasteiger charge is -2.40. The van der Waals surface area contributed by atoms with E-state index in [4.69, 9.17) is 4.74 Å². The molecule has 2 saturated heterocycles. The molecule has 2 aliphatic heterocycles. The maximum atomic E-state index is 12.6. The molecule has 152 valence electrons. The predicted octanol–water partition coefficient (Wildman–Crippen LogP) is 2.21. The maximum Gasteiger partial charge on any atom is 0.251 e. The van der Waals surface area contributed by atoms with E-state index >= 15 is 0 Å². The van der Waals surface area contributed by atoms with Crippen molar-refractivity contribution in [2.24, 2.45) is 0 Å². The molecule has 4 rings (SSSR count). The van der Waals surface area contributed by atoms with Gasteiger partial charge in [0, 0.05) is 31.2 Å². The highest BCUT2D eigenvalue weighted by atomic mass is 16.5. The average Bonchev–Trinajstić information content (AvgIpc) is 3.29. The minimum Gasteiger partial charge on any atom is -0.388 e. The topological polar surface area (TPSA) is 90.5 Å². The first-order valence-corrected chi connectivity index (χ1v) is 10.3. The van der Waals surface area contributed by atoms with Gasteiger partial charge in [0.1, 0.15) is 12.4 Å². The van der Waals surface area contributed by atoms with Crippen molar-refractivity contribution in [1.82, 2.24) is 20.2 Å². The summed E-state index contributed by atoms with van der Waals surface area (Å²) in [6.45, 7) is 7.07. The number of hydrogen-bond acceptors (Lipinski definition) is 5. The Labute approximate surface area is 165 Å². The number of carbonyl (C=O) groups is 1. The number of hydrogen-bond donors (Lipinski definition) is 3. The number of imidazole rings is 1. The number of benzene rings is 1. The molecule has 0 bridgehead atoms. The molecule has 7 heteroatoms. The Bertz CT molecular complexity index is 839. The minimum atomic E-state index is -0.147. The van der Waals surface area contributed by atoms with Crippen molar-refractivity contribution in [2.75, 3.05) is 19.6 Å². The quantitative estimate of drug-likeness (QED) is 0.733. The van der Waals surface area contributed by atoms with Gasteiger partial charge in [0.2, 0.25) is 0 Å². The number of aliphatic hydroxyl groups is 1. The first-order valence-electron chi connectivity index (χ1n) is 10.3. The van der Waals surface area contributed by atoms with E-state index in [2.05, 4.69) is 34.0 Å². The van der Waals surface area contributed by atoms with Gasteiger partial charge in [-0.15, -0.1) is 0 Å². The van der Waals surface area contributed by atoms with Crippen molar-refractivity contribution < 1.29 is 14.6 Å². The highest BCUT2D eigenvalue weighted by Crippen LogP contribution is 2.39. The largest absolute Gasteiger partial charge is 0.388 e. The number of fused-ring (bicyclic) bond motifs is 1. The van der Waals surface area contributed by atoms with E-state index in [0.29, 0.717) is 24.0 Å². The summed E-state index contributed by atoms with van der Waals surface area (Å²) in [6.07, 6.45) is 4.34. The van der Waals surface area contributed by atoms with E-state index in [0.717, 1.165) is 49.8 Å². The molecular formula is C21H30N4O3. The summed E-state index contributed by atoms with van der Waals surface area (Å²) in [4.78, 5) is 22.3. The van der Waals surface area contributed by atoms with Crippen molar-refractivity contribution >= 4 is 16.9 Å². The van der Waals surface area contributed by atoms with Crippen molar-refractivity contribution in [3.63, 3.8) is 0 Å². The molecule has 1 amide bonds. The van der Waals surface area contributed by atoms with Crippen LogP contribution in [0.5, 0.6) is 0 Å². The van der Waals surface area contributed by atoms with Crippen LogP contribution in [0.4, 0.5) is 0 Å². The van der Waals surface area contributed by atoms with Crippen molar-refractivity contribution in [2.45, 2.75) is 63.9 Å². The number of likely N-dealkylation sites (tertiary alicyclic amines) is 1. The third-order valence-corrected chi connectivity index (χ3v) is 6.21. The molecule has 7 nitrogen and oxygen atoms in total. The van der Waals surface area contributed by atoms with Gasteiger partial charge in [-0.1, -0.05) is 0 Å². The normalized spacial score (nSPS) is 22.4. The van der Waals surface area contributed by atoms with Gasteiger partial charge < -0.3 is 25.0 Å². The van der Waals surface area contributed by atoms with Crippen LogP contribution in [0.15, 0.2) is 18.2 Å². The summed E-state index contributed by atoms with van der Waals surface area (Å²) in [5.41, 5.74) is 2.09. The van der Waals surface area contributed by atoms with Gasteiger partial charge in [0.05, 0.1) is 22.7 Å². The number of H-pyrrole nitrogens is 1. The second kappa shape index (κ2) is 7.81. The number of piperidine rings is 1. The maximum absolute atomic E-state index is 12.6. The summed E-state index contributed by atoms with van der Waals surface area (Å²) in [7, 11) is 0. The lowest BCUT2D eigenvalue weighted by Crippen LogP contribution is -2.47. The fourth-order valence-corrected chi connectivity index (χ4v) is 4.44. The number of carbonyl (C=O) groups excluding carboxylic acids is 1. The SMILES string of the molecule is CC(C)N1CCC2(CC[C@@H](CNC(=O)c3ccc4nc(CO)[nH]c4c3)O2)CC1. The van der Waals surface area contributed by atoms with E-state index in [-0.39, 0.29) is 24.2 Å². The molecule has 0 radical (unpaired) electrons. The van der Waals surface area contributed by atoms with Gasteiger partial charge in [-0.3, -0.25) is 4.79 Å². The van der Waals surface area contributed by atoms with Gasteiger partial charge in [-0.05, 0) is 57.7 Å².